The number of rotatable bonds is 9. The van der Waals surface area contributed by atoms with E-state index in [4.69, 9.17) is 0 Å². The number of urea groups is 1. The van der Waals surface area contributed by atoms with Crippen LogP contribution in [0.5, 0.6) is 0 Å². The summed E-state index contributed by atoms with van der Waals surface area (Å²) in [6.07, 6.45) is 3.64. The van der Waals surface area contributed by atoms with Gasteiger partial charge in [0.15, 0.2) is 0 Å². The van der Waals surface area contributed by atoms with Crippen LogP contribution in [0.25, 0.3) is 0 Å². The van der Waals surface area contributed by atoms with Gasteiger partial charge in [-0.2, -0.15) is 0 Å². The molecule has 27 heavy (non-hydrogen) atoms. The number of carbonyl (C=O) groups is 2. The van der Waals surface area contributed by atoms with Gasteiger partial charge in [-0.3, -0.25) is 4.79 Å². The van der Waals surface area contributed by atoms with Crippen molar-refractivity contribution in [2.45, 2.75) is 39.2 Å². The van der Waals surface area contributed by atoms with Crippen molar-refractivity contribution in [3.8, 4) is 0 Å². The molecule has 2 aromatic carbocycles. The lowest BCUT2D eigenvalue weighted by atomic mass is 10.1. The molecule has 0 aliphatic heterocycles. The summed E-state index contributed by atoms with van der Waals surface area (Å²) in [4.78, 5) is 25.7. The minimum Gasteiger partial charge on any atom is -0.337 e. The fourth-order valence-corrected chi connectivity index (χ4v) is 2.71. The zero-order valence-corrected chi connectivity index (χ0v) is 16.2. The summed E-state index contributed by atoms with van der Waals surface area (Å²) in [5.74, 6) is -0.109. The second kappa shape index (κ2) is 11.0. The van der Waals surface area contributed by atoms with Crippen LogP contribution in [0.2, 0.25) is 0 Å². The number of benzene rings is 2. The van der Waals surface area contributed by atoms with Crippen LogP contribution in [0, 0.1) is 0 Å². The number of carbonyl (C=O) groups excluding carboxylic acids is 2. The molecule has 0 saturated carbocycles. The molecule has 0 radical (unpaired) electrons. The fourth-order valence-electron chi connectivity index (χ4n) is 2.71. The minimum atomic E-state index is -0.188. The van der Waals surface area contributed by atoms with Crippen molar-refractivity contribution in [2.24, 2.45) is 0 Å². The van der Waals surface area contributed by atoms with E-state index in [9.17, 15) is 9.59 Å². The molecule has 2 N–H and O–H groups in total. The third-order valence-electron chi connectivity index (χ3n) is 4.29. The molecule has 144 valence electrons. The Balaban J connectivity index is 1.68. The summed E-state index contributed by atoms with van der Waals surface area (Å²) in [6.45, 7) is 3.01. The van der Waals surface area contributed by atoms with E-state index in [1.807, 2.05) is 54.6 Å². The summed E-state index contributed by atoms with van der Waals surface area (Å²) >= 11 is 0. The summed E-state index contributed by atoms with van der Waals surface area (Å²) in [7, 11) is 1.74. The van der Waals surface area contributed by atoms with E-state index in [1.54, 1.807) is 11.9 Å². The SMILES string of the molecule is CCCCc1ccc(NC(=O)CCNC(=O)N(C)Cc2ccccc2)cc1. The van der Waals surface area contributed by atoms with Crippen LogP contribution in [-0.2, 0) is 17.8 Å². The molecular weight excluding hydrogens is 338 g/mol. The molecule has 0 heterocycles. The third-order valence-corrected chi connectivity index (χ3v) is 4.29. The molecule has 0 atom stereocenters. The lowest BCUT2D eigenvalue weighted by Crippen LogP contribution is -2.38. The maximum atomic E-state index is 12.1. The van der Waals surface area contributed by atoms with Crippen LogP contribution < -0.4 is 10.6 Å². The van der Waals surface area contributed by atoms with Crippen molar-refractivity contribution >= 4 is 17.6 Å². The first-order chi connectivity index (χ1) is 13.1. The van der Waals surface area contributed by atoms with Gasteiger partial charge in [0.1, 0.15) is 0 Å². The molecule has 0 unspecified atom stereocenters. The number of hydrogen-bond donors (Lipinski definition) is 2. The molecule has 5 heteroatoms. The third kappa shape index (κ3) is 7.52. The fraction of sp³-hybridized carbons (Fsp3) is 0.364. The summed E-state index contributed by atoms with van der Waals surface area (Å²) in [6, 6.07) is 17.5. The molecule has 0 aliphatic carbocycles. The first-order valence-corrected chi connectivity index (χ1v) is 9.50. The predicted molar refractivity (Wildman–Crippen MR) is 110 cm³/mol. The Bertz CT molecular complexity index is 714. The van der Waals surface area contributed by atoms with Gasteiger partial charge in [-0.05, 0) is 36.1 Å². The molecular formula is C22H29N3O2. The molecule has 3 amide bonds. The summed E-state index contributed by atoms with van der Waals surface area (Å²) in [5.41, 5.74) is 3.13. The lowest BCUT2D eigenvalue weighted by molar-refractivity contribution is -0.116. The highest BCUT2D eigenvalue weighted by Gasteiger charge is 2.09. The first-order valence-electron chi connectivity index (χ1n) is 9.50. The van der Waals surface area contributed by atoms with E-state index >= 15 is 0 Å². The summed E-state index contributed by atoms with van der Waals surface area (Å²) in [5, 5.41) is 5.64. The first kappa shape index (κ1) is 20.5. The van der Waals surface area contributed by atoms with E-state index in [1.165, 1.54) is 18.4 Å². The van der Waals surface area contributed by atoms with Gasteiger partial charge in [-0.25, -0.2) is 4.79 Å². The predicted octanol–water partition coefficient (Wildman–Crippen LogP) is 4.20. The Morgan fingerprint density at radius 2 is 1.67 bits per heavy atom. The van der Waals surface area contributed by atoms with Gasteiger partial charge in [-0.15, -0.1) is 0 Å². The highest BCUT2D eigenvalue weighted by atomic mass is 16.2. The van der Waals surface area contributed by atoms with E-state index < -0.39 is 0 Å². The van der Waals surface area contributed by atoms with E-state index in [-0.39, 0.29) is 18.4 Å². The maximum absolute atomic E-state index is 12.1. The Kier molecular flexibility index (Phi) is 8.36. The molecule has 2 aromatic rings. The number of anilines is 1. The van der Waals surface area contributed by atoms with Crippen LogP contribution >= 0.6 is 0 Å². The van der Waals surface area contributed by atoms with E-state index in [0.717, 1.165) is 17.7 Å². The highest BCUT2D eigenvalue weighted by Crippen LogP contribution is 2.12. The van der Waals surface area contributed by atoms with Crippen molar-refractivity contribution in [2.75, 3.05) is 18.9 Å². The number of unbranched alkanes of at least 4 members (excludes halogenated alkanes) is 1. The molecule has 2 rings (SSSR count). The zero-order valence-electron chi connectivity index (χ0n) is 16.2. The smallest absolute Gasteiger partial charge is 0.317 e. The van der Waals surface area contributed by atoms with Crippen LogP contribution in [-0.4, -0.2) is 30.4 Å². The molecule has 0 saturated heterocycles. The molecule has 5 nitrogen and oxygen atoms in total. The average molecular weight is 367 g/mol. The monoisotopic (exact) mass is 367 g/mol. The maximum Gasteiger partial charge on any atom is 0.317 e. The van der Waals surface area contributed by atoms with E-state index in [2.05, 4.69) is 17.6 Å². The van der Waals surface area contributed by atoms with Gasteiger partial charge in [0.05, 0.1) is 0 Å². The van der Waals surface area contributed by atoms with Gasteiger partial charge in [0.2, 0.25) is 5.91 Å². The standard InChI is InChI=1S/C22H29N3O2/c1-3-4-8-18-11-13-20(14-12-18)24-21(26)15-16-23-22(27)25(2)17-19-9-6-5-7-10-19/h5-7,9-14H,3-4,8,15-17H2,1-2H3,(H,23,27)(H,24,26). The van der Waals surface area contributed by atoms with Crippen molar-refractivity contribution in [1.82, 2.24) is 10.2 Å². The van der Waals surface area contributed by atoms with Gasteiger partial charge < -0.3 is 15.5 Å². The van der Waals surface area contributed by atoms with E-state index in [0.29, 0.717) is 13.1 Å². The van der Waals surface area contributed by atoms with Crippen molar-refractivity contribution < 1.29 is 9.59 Å². The molecule has 0 spiro atoms. The number of nitrogens with one attached hydrogen (secondary N) is 2. The van der Waals surface area contributed by atoms with Crippen molar-refractivity contribution in [3.05, 3.63) is 65.7 Å². The number of hydrogen-bond acceptors (Lipinski definition) is 2. The molecule has 0 aliphatic rings. The van der Waals surface area contributed by atoms with Gasteiger partial charge in [0.25, 0.3) is 0 Å². The van der Waals surface area contributed by atoms with Crippen LogP contribution in [0.15, 0.2) is 54.6 Å². The Morgan fingerprint density at radius 1 is 0.963 bits per heavy atom. The Hall–Kier alpha value is -2.82. The Labute approximate surface area is 161 Å². The second-order valence-electron chi connectivity index (χ2n) is 6.67. The van der Waals surface area contributed by atoms with Gasteiger partial charge in [0, 0.05) is 32.2 Å². The van der Waals surface area contributed by atoms with Crippen molar-refractivity contribution in [3.63, 3.8) is 0 Å². The van der Waals surface area contributed by atoms with Crippen LogP contribution in [0.1, 0.15) is 37.3 Å². The van der Waals surface area contributed by atoms with Crippen molar-refractivity contribution in [1.29, 1.82) is 0 Å². The Morgan fingerprint density at radius 3 is 2.33 bits per heavy atom. The number of aryl methyl sites for hydroxylation is 1. The average Bonchev–Trinajstić information content (AvgIpc) is 2.68. The normalized spacial score (nSPS) is 10.3. The largest absolute Gasteiger partial charge is 0.337 e. The zero-order chi connectivity index (χ0) is 19.5. The highest BCUT2D eigenvalue weighted by molar-refractivity contribution is 5.91. The van der Waals surface area contributed by atoms with Gasteiger partial charge in [-0.1, -0.05) is 55.8 Å². The topological polar surface area (TPSA) is 61.4 Å². The molecule has 0 bridgehead atoms. The lowest BCUT2D eigenvalue weighted by Gasteiger charge is -2.18. The number of nitrogens with zero attached hydrogens (tertiary/aromatic N) is 1. The number of amides is 3. The minimum absolute atomic E-state index is 0.109. The second-order valence-corrected chi connectivity index (χ2v) is 6.67. The molecule has 0 fully saturated rings. The summed E-state index contributed by atoms with van der Waals surface area (Å²) < 4.78 is 0. The quantitative estimate of drug-likeness (QED) is 0.698. The molecule has 0 aromatic heterocycles. The van der Waals surface area contributed by atoms with Gasteiger partial charge >= 0.3 is 6.03 Å². The van der Waals surface area contributed by atoms with Crippen LogP contribution in [0.3, 0.4) is 0 Å². The van der Waals surface area contributed by atoms with Crippen LogP contribution in [0.4, 0.5) is 10.5 Å².